The molecule has 0 aliphatic rings. The predicted octanol–water partition coefficient (Wildman–Crippen LogP) is -0.105. The fourth-order valence-electron chi connectivity index (χ4n) is 5.03. The first-order chi connectivity index (χ1) is 33.0. The number of anilines is 2. The lowest BCUT2D eigenvalue weighted by atomic mass is 10.2. The summed E-state index contributed by atoms with van der Waals surface area (Å²) in [6.45, 7) is -2.23. The van der Waals surface area contributed by atoms with Gasteiger partial charge in [0.25, 0.3) is 20.2 Å². The van der Waals surface area contributed by atoms with Crippen LogP contribution < -0.4 is 32.4 Å². The molecule has 0 heterocycles. The minimum atomic E-state index is -5.45. The summed E-state index contributed by atoms with van der Waals surface area (Å²) in [5.41, 5.74) is -2.21. The van der Waals surface area contributed by atoms with E-state index in [9.17, 15) is 74.3 Å². The van der Waals surface area contributed by atoms with Crippen LogP contribution in [0.5, 0.6) is 5.75 Å². The van der Waals surface area contributed by atoms with E-state index in [4.69, 9.17) is 19.3 Å². The second-order valence-corrected chi connectivity index (χ2v) is 23.9. The lowest BCUT2D eigenvalue weighted by Crippen LogP contribution is -2.48. The molecule has 0 saturated carbocycles. The van der Waals surface area contributed by atoms with Crippen molar-refractivity contribution in [2.75, 3.05) is 47.9 Å². The van der Waals surface area contributed by atoms with E-state index in [1.807, 2.05) is 5.43 Å². The fourth-order valence-corrected chi connectivity index (χ4v) is 10.9. The molecule has 0 unspecified atom stereocenters. The highest BCUT2D eigenvalue weighted by molar-refractivity contribution is 7.92. The van der Waals surface area contributed by atoms with E-state index in [0.29, 0.717) is 30.3 Å². The van der Waals surface area contributed by atoms with E-state index in [0.717, 1.165) is 30.3 Å². The molecule has 0 spiro atoms. The van der Waals surface area contributed by atoms with Gasteiger partial charge in [-0.05, 0) is 60.7 Å². The third-order valence-electron chi connectivity index (χ3n) is 8.19. The first kappa shape index (κ1) is 58.6. The molecule has 0 atom stereocenters. The van der Waals surface area contributed by atoms with Gasteiger partial charge in [-0.25, -0.2) is 40.0 Å². The first-order valence-corrected chi connectivity index (χ1v) is 28.3. The quantitative estimate of drug-likeness (QED) is 0.00964. The maximum atomic E-state index is 13.8. The van der Waals surface area contributed by atoms with Crippen molar-refractivity contribution in [1.29, 1.82) is 0 Å². The van der Waals surface area contributed by atoms with E-state index in [-0.39, 0.29) is 35.2 Å². The molecule has 0 aliphatic heterocycles. The minimum absolute atomic E-state index is 0.0226. The van der Waals surface area contributed by atoms with E-state index in [1.54, 1.807) is 0 Å². The molecular formula is C30H30N6O27S8. The zero-order chi connectivity index (χ0) is 53.0. The van der Waals surface area contributed by atoms with Crippen LogP contribution in [0.1, 0.15) is 0 Å². The van der Waals surface area contributed by atoms with Crippen LogP contribution in [0, 0.1) is 0 Å². The Bertz CT molecular complexity index is 3570. The molecule has 0 amide bonds. The van der Waals surface area contributed by atoms with Crippen molar-refractivity contribution in [3.05, 3.63) is 91.8 Å². The van der Waals surface area contributed by atoms with Crippen molar-refractivity contribution in [3.8, 4) is 5.75 Å². The number of hydrogen-bond donors (Lipinski definition) is 8. The van der Waals surface area contributed by atoms with Crippen molar-refractivity contribution < 1.29 is 111 Å². The van der Waals surface area contributed by atoms with Gasteiger partial charge in [0.05, 0.1) is 63.1 Å². The highest BCUT2D eigenvalue weighted by atomic mass is 32.3. The van der Waals surface area contributed by atoms with Gasteiger partial charge in [-0.3, -0.25) is 42.5 Å². The maximum Gasteiger partial charge on any atom is 0.397 e. The van der Waals surface area contributed by atoms with Gasteiger partial charge in [0.2, 0.25) is 10.9 Å². The Labute approximate surface area is 406 Å². The number of hydrogen-bond acceptors (Lipinski definition) is 32. The first-order valence-electron chi connectivity index (χ1n) is 17.8. The Morgan fingerprint density at radius 1 is 0.549 bits per heavy atom. The average molecular weight is 1160 g/mol. The van der Waals surface area contributed by atoms with Crippen LogP contribution in [0.3, 0.4) is 0 Å². The monoisotopic (exact) mass is 1160 g/mol. The summed E-state index contributed by atoms with van der Waals surface area (Å²) in [5.74, 6) is -4.14. The zero-order valence-corrected chi connectivity index (χ0v) is 40.9. The molecule has 4 rings (SSSR count). The Kier molecular flexibility index (Phi) is 20.3. The van der Waals surface area contributed by atoms with Crippen LogP contribution >= 0.6 is 24.6 Å². The molecule has 41 heteroatoms. The number of rotatable bonds is 27. The molecule has 0 aliphatic carbocycles. The van der Waals surface area contributed by atoms with Crippen molar-refractivity contribution in [1.82, 2.24) is 0 Å². The van der Waals surface area contributed by atoms with Crippen molar-refractivity contribution >= 4 is 108 Å². The van der Waals surface area contributed by atoms with E-state index in [2.05, 4.69) is 53.0 Å². The van der Waals surface area contributed by atoms with Crippen LogP contribution in [0.25, 0.3) is 0 Å². The maximum absolute atomic E-state index is 13.8. The van der Waals surface area contributed by atoms with Crippen molar-refractivity contribution in [3.63, 3.8) is 0 Å². The van der Waals surface area contributed by atoms with Crippen LogP contribution in [0.15, 0.2) is 115 Å². The van der Waals surface area contributed by atoms with Crippen LogP contribution in [-0.2, 0) is 91.4 Å². The summed E-state index contributed by atoms with van der Waals surface area (Å²) < 4.78 is 198. The standard InChI is InChI=1S/C30H30N6O27S8/c37-28-25(34-31-17-1-3-18(4-2-17)66(42,43)12-9-57-64-62-60-40)29(38)27(36-33-22-8-6-20(16-24(22)70(51,52)53)68(46,47)14-11-59-71(54,55)56)30(39)26(28)35-32-21-7-5-19(15-23(21)69(48,49)50)67(44,45)13-10-58-65-63-61-41/h1-8,15-16,31,33,39-41H,9-14H2,(H,48,49,50)(H,51,52,53)(H,54,55,56)/b34-25-,35-32?,36-27-. The molecule has 4 aromatic rings. The minimum Gasteiger partial charge on any atom is -0.504 e. The van der Waals surface area contributed by atoms with Crippen molar-refractivity contribution in [2.45, 2.75) is 24.5 Å². The van der Waals surface area contributed by atoms with E-state index < -0.39 is 161 Å². The molecular weight excluding hydrogens is 1130 g/mol. The Morgan fingerprint density at radius 3 is 1.55 bits per heavy atom. The van der Waals surface area contributed by atoms with Gasteiger partial charge < -0.3 is 5.11 Å². The van der Waals surface area contributed by atoms with Gasteiger partial charge >= 0.3 is 10.4 Å². The highest BCUT2D eigenvalue weighted by Crippen LogP contribution is 2.31. The summed E-state index contributed by atoms with van der Waals surface area (Å²) in [6, 6.07) is 7.78. The second-order valence-electron chi connectivity index (χ2n) is 12.7. The van der Waals surface area contributed by atoms with Crippen molar-refractivity contribution in [2.24, 2.45) is 20.4 Å². The number of aromatic hydroxyl groups is 1. The number of sulfone groups is 3. The molecule has 4 aromatic carbocycles. The number of benzene rings is 4. The van der Waals surface area contributed by atoms with E-state index >= 15 is 0 Å². The Hall–Kier alpha value is -5.00. The molecule has 390 valence electrons. The summed E-state index contributed by atoms with van der Waals surface area (Å²) >= 11 is 0.143. The second kappa shape index (κ2) is 24.6. The molecule has 0 radical (unpaired) electrons. The largest absolute Gasteiger partial charge is 0.504 e. The topological polar surface area (TPSA) is 498 Å². The summed E-state index contributed by atoms with van der Waals surface area (Å²) in [5, 5.41) is 45.7. The van der Waals surface area contributed by atoms with Crippen LogP contribution in [0.4, 0.5) is 22.7 Å². The highest BCUT2D eigenvalue weighted by Gasteiger charge is 2.26. The third-order valence-corrected chi connectivity index (χ3v) is 16.2. The summed E-state index contributed by atoms with van der Waals surface area (Å²) in [6.07, 6.45) is 0. The average Bonchev–Trinajstić information content (AvgIpc) is 3.27. The van der Waals surface area contributed by atoms with Gasteiger partial charge in [0.15, 0.2) is 76.3 Å². The fraction of sp³-hybridized carbons (Fsp3) is 0.200. The Morgan fingerprint density at radius 2 is 1.03 bits per heavy atom. The molecule has 0 aromatic heterocycles. The van der Waals surface area contributed by atoms with Crippen LogP contribution in [0.2, 0.25) is 0 Å². The molecule has 33 nitrogen and oxygen atoms in total. The number of nitrogens with zero attached hydrogens (tertiary/aromatic N) is 4. The normalized spacial score (nSPS) is 13.5. The predicted molar refractivity (Wildman–Crippen MR) is 235 cm³/mol. The zero-order valence-electron chi connectivity index (χ0n) is 34.3. The van der Waals surface area contributed by atoms with Gasteiger partial charge in [-0.15, -0.1) is 18.9 Å². The smallest absolute Gasteiger partial charge is 0.397 e. The molecule has 0 bridgehead atoms. The number of phenolic OH excluding ortho intramolecular Hbond substituents is 1. The SMILES string of the molecule is O=c1c(N=Nc2ccc(S(=O)(=O)CCOSOOO)cc2S(=O)(=O)O)c(O)/c(=N\Nc2ccc(S(=O)(=O)CCOS(=O)(=O)O)cc2S(=O)(=O)O)c(=O)/c1=N\Nc1ccc(S(=O)(=O)CCOSOOO)cc1. The number of nitrogens with one attached hydrogen (secondary N) is 2. The van der Waals surface area contributed by atoms with Gasteiger partial charge in [0.1, 0.15) is 15.5 Å². The molecule has 71 heavy (non-hydrogen) atoms. The molecule has 8 N–H and O–H groups in total. The molecule has 0 fully saturated rings. The Balaban J connectivity index is 1.88. The van der Waals surface area contributed by atoms with E-state index in [1.165, 1.54) is 0 Å². The lowest BCUT2D eigenvalue weighted by molar-refractivity contribution is -0.434. The summed E-state index contributed by atoms with van der Waals surface area (Å²) in [4.78, 5) is 23.1. The molecule has 0 saturated heterocycles. The number of azo groups is 1. The summed E-state index contributed by atoms with van der Waals surface area (Å²) in [7, 11) is -29.0. The third kappa shape index (κ3) is 16.8. The van der Waals surface area contributed by atoms with Gasteiger partial charge in [0, 0.05) is 0 Å². The lowest BCUT2D eigenvalue weighted by Gasteiger charge is -2.10. The van der Waals surface area contributed by atoms with Gasteiger partial charge in [-0.2, -0.15) is 35.5 Å². The number of phenols is 1. The van der Waals surface area contributed by atoms with Crippen LogP contribution in [-0.4, -0.2) is 117 Å². The van der Waals surface area contributed by atoms with Gasteiger partial charge in [-0.1, -0.05) is 10.1 Å².